The minimum Gasteiger partial charge on any atom is -0.339 e. The standard InChI is InChI=1S/C17H20F6N2O3S2/c1-2-7-29-11-15(26)24-3-5-25(6-4-24)30(27,28)14-9-12(16(18,19)20)8-13(10-14)17(21,22)23/h8-10H,2-7,11H2,1H3. The van der Waals surface area contributed by atoms with Crippen LogP contribution < -0.4 is 0 Å². The van der Waals surface area contributed by atoms with Gasteiger partial charge in [-0.3, -0.25) is 4.79 Å². The maximum Gasteiger partial charge on any atom is 0.416 e. The molecule has 13 heteroatoms. The van der Waals surface area contributed by atoms with E-state index in [0.29, 0.717) is 0 Å². The van der Waals surface area contributed by atoms with E-state index in [9.17, 15) is 39.6 Å². The van der Waals surface area contributed by atoms with Crippen molar-refractivity contribution in [2.24, 2.45) is 0 Å². The van der Waals surface area contributed by atoms with Gasteiger partial charge in [-0.25, -0.2) is 8.42 Å². The third kappa shape index (κ3) is 6.03. The zero-order chi connectivity index (χ0) is 22.7. The van der Waals surface area contributed by atoms with Crippen LogP contribution in [-0.4, -0.2) is 61.2 Å². The normalized spacial score (nSPS) is 16.7. The fraction of sp³-hybridized carbons (Fsp3) is 0.588. The highest BCUT2D eigenvalue weighted by atomic mass is 32.2. The molecule has 30 heavy (non-hydrogen) atoms. The Hall–Kier alpha value is -1.47. The minimum atomic E-state index is -5.15. The number of halogens is 6. The predicted octanol–water partition coefficient (Wildman–Crippen LogP) is 3.70. The molecular weight excluding hydrogens is 458 g/mol. The highest BCUT2D eigenvalue weighted by molar-refractivity contribution is 7.99. The van der Waals surface area contributed by atoms with Crippen molar-refractivity contribution in [2.45, 2.75) is 30.6 Å². The lowest BCUT2D eigenvalue weighted by Crippen LogP contribution is -2.51. The van der Waals surface area contributed by atoms with Gasteiger partial charge in [-0.1, -0.05) is 6.92 Å². The summed E-state index contributed by atoms with van der Waals surface area (Å²) in [7, 11) is -4.61. The molecule has 5 nitrogen and oxygen atoms in total. The molecule has 1 fully saturated rings. The quantitative estimate of drug-likeness (QED) is 0.462. The van der Waals surface area contributed by atoms with Crippen LogP contribution in [-0.2, 0) is 27.2 Å². The molecule has 0 bridgehead atoms. The van der Waals surface area contributed by atoms with Gasteiger partial charge in [0.1, 0.15) is 0 Å². The predicted molar refractivity (Wildman–Crippen MR) is 99.4 cm³/mol. The van der Waals surface area contributed by atoms with Crippen molar-refractivity contribution in [2.75, 3.05) is 37.7 Å². The lowest BCUT2D eigenvalue weighted by atomic mass is 10.1. The molecular formula is C17H20F6N2O3S2. The van der Waals surface area contributed by atoms with Gasteiger partial charge in [-0.15, -0.1) is 0 Å². The van der Waals surface area contributed by atoms with Crippen molar-refractivity contribution in [1.29, 1.82) is 0 Å². The summed E-state index contributed by atoms with van der Waals surface area (Å²) < 4.78 is 104. The van der Waals surface area contributed by atoms with Crippen molar-refractivity contribution in [1.82, 2.24) is 9.21 Å². The maximum atomic E-state index is 13.0. The second kappa shape index (κ2) is 9.35. The summed E-state index contributed by atoms with van der Waals surface area (Å²) >= 11 is 1.43. The number of hydrogen-bond donors (Lipinski definition) is 0. The maximum absolute atomic E-state index is 13.0. The molecule has 0 saturated carbocycles. The Bertz CT molecular complexity index is 831. The second-order valence-corrected chi connectivity index (χ2v) is 9.62. The number of sulfonamides is 1. The van der Waals surface area contributed by atoms with Crippen LogP contribution in [0.2, 0.25) is 0 Å². The largest absolute Gasteiger partial charge is 0.416 e. The summed E-state index contributed by atoms with van der Waals surface area (Å²) in [6.07, 6.45) is -9.40. The molecule has 1 aromatic carbocycles. The molecule has 0 unspecified atom stereocenters. The number of piperazine rings is 1. The van der Waals surface area contributed by atoms with Gasteiger partial charge >= 0.3 is 12.4 Å². The van der Waals surface area contributed by atoms with Crippen LogP contribution in [0.25, 0.3) is 0 Å². The molecule has 1 aromatic rings. The van der Waals surface area contributed by atoms with Gasteiger partial charge in [-0.05, 0) is 30.4 Å². The molecule has 0 aliphatic carbocycles. The van der Waals surface area contributed by atoms with Gasteiger partial charge in [0.15, 0.2) is 0 Å². The van der Waals surface area contributed by atoms with Gasteiger partial charge < -0.3 is 4.90 Å². The number of carbonyl (C=O) groups excluding carboxylic acids is 1. The zero-order valence-corrected chi connectivity index (χ0v) is 17.5. The Labute approximate surface area is 174 Å². The first-order valence-electron chi connectivity index (χ1n) is 8.92. The molecule has 0 N–H and O–H groups in total. The summed E-state index contributed by atoms with van der Waals surface area (Å²) in [6.45, 7) is 1.54. The SMILES string of the molecule is CCCSCC(=O)N1CCN(S(=O)(=O)c2cc(C(F)(F)F)cc(C(F)(F)F)c2)CC1. The van der Waals surface area contributed by atoms with E-state index in [-0.39, 0.29) is 56.0 Å². The van der Waals surface area contributed by atoms with Gasteiger partial charge in [0, 0.05) is 26.2 Å². The summed E-state index contributed by atoms with van der Waals surface area (Å²) in [5.74, 6) is 0.823. The van der Waals surface area contributed by atoms with Crippen LogP contribution in [0.1, 0.15) is 24.5 Å². The smallest absolute Gasteiger partial charge is 0.339 e. The molecule has 0 atom stereocenters. The Morgan fingerprint density at radius 1 is 0.967 bits per heavy atom. The van der Waals surface area contributed by atoms with E-state index < -0.39 is 38.4 Å². The van der Waals surface area contributed by atoms with Crippen LogP contribution in [0.5, 0.6) is 0 Å². The molecule has 1 heterocycles. The van der Waals surface area contributed by atoms with Crippen molar-refractivity contribution in [3.8, 4) is 0 Å². The highest BCUT2D eigenvalue weighted by Gasteiger charge is 2.39. The summed E-state index contributed by atoms with van der Waals surface area (Å²) in [5, 5.41) is 0. The van der Waals surface area contributed by atoms with Crippen LogP contribution >= 0.6 is 11.8 Å². The van der Waals surface area contributed by atoms with Crippen LogP contribution in [0, 0.1) is 0 Å². The topological polar surface area (TPSA) is 57.7 Å². The van der Waals surface area contributed by atoms with Gasteiger partial charge in [-0.2, -0.15) is 42.4 Å². The molecule has 1 saturated heterocycles. The lowest BCUT2D eigenvalue weighted by molar-refractivity contribution is -0.143. The Kier molecular flexibility index (Phi) is 7.73. The van der Waals surface area contributed by atoms with E-state index in [2.05, 4.69) is 0 Å². The molecule has 0 aromatic heterocycles. The van der Waals surface area contributed by atoms with E-state index in [0.717, 1.165) is 16.5 Å². The van der Waals surface area contributed by atoms with E-state index in [1.807, 2.05) is 6.92 Å². The molecule has 0 spiro atoms. The Morgan fingerprint density at radius 3 is 1.90 bits per heavy atom. The Morgan fingerprint density at radius 2 is 1.47 bits per heavy atom. The zero-order valence-electron chi connectivity index (χ0n) is 15.9. The van der Waals surface area contributed by atoms with Gasteiger partial charge in [0.05, 0.1) is 21.8 Å². The number of benzene rings is 1. The Balaban J connectivity index is 2.23. The second-order valence-electron chi connectivity index (χ2n) is 6.58. The molecule has 2 rings (SSSR count). The van der Waals surface area contributed by atoms with Crippen LogP contribution in [0.15, 0.2) is 23.1 Å². The fourth-order valence-corrected chi connectivity index (χ4v) is 5.08. The first-order valence-corrected chi connectivity index (χ1v) is 11.5. The minimum absolute atomic E-state index is 0.00976. The first kappa shape index (κ1) is 24.8. The van der Waals surface area contributed by atoms with Gasteiger partial charge in [0.25, 0.3) is 0 Å². The highest BCUT2D eigenvalue weighted by Crippen LogP contribution is 2.37. The van der Waals surface area contributed by atoms with E-state index >= 15 is 0 Å². The molecule has 1 amide bonds. The molecule has 1 aliphatic rings. The van der Waals surface area contributed by atoms with E-state index in [4.69, 9.17) is 0 Å². The molecule has 0 radical (unpaired) electrons. The van der Waals surface area contributed by atoms with Crippen LogP contribution in [0.3, 0.4) is 0 Å². The fourth-order valence-electron chi connectivity index (χ4n) is 2.80. The van der Waals surface area contributed by atoms with Crippen LogP contribution in [0.4, 0.5) is 26.3 Å². The average molecular weight is 478 g/mol. The van der Waals surface area contributed by atoms with Gasteiger partial charge in [0.2, 0.25) is 15.9 Å². The lowest BCUT2D eigenvalue weighted by Gasteiger charge is -2.34. The van der Waals surface area contributed by atoms with Crippen molar-refractivity contribution in [3.05, 3.63) is 29.3 Å². The number of rotatable bonds is 6. The number of nitrogens with zero attached hydrogens (tertiary/aromatic N) is 2. The summed E-state index contributed by atoms with van der Waals surface area (Å²) in [6, 6.07) is 0.274. The third-order valence-corrected chi connectivity index (χ3v) is 7.39. The number of alkyl halides is 6. The number of carbonyl (C=O) groups is 1. The monoisotopic (exact) mass is 478 g/mol. The first-order chi connectivity index (χ1) is 13.8. The average Bonchev–Trinajstić information content (AvgIpc) is 2.66. The number of thioether (sulfide) groups is 1. The van der Waals surface area contributed by atoms with E-state index in [1.165, 1.54) is 16.7 Å². The van der Waals surface area contributed by atoms with Crippen molar-refractivity contribution >= 4 is 27.7 Å². The van der Waals surface area contributed by atoms with Crippen molar-refractivity contribution in [3.63, 3.8) is 0 Å². The van der Waals surface area contributed by atoms with Crippen molar-refractivity contribution < 1.29 is 39.6 Å². The molecule has 1 aliphatic heterocycles. The third-order valence-electron chi connectivity index (χ3n) is 4.36. The summed E-state index contributed by atoms with van der Waals surface area (Å²) in [4.78, 5) is 12.4. The number of hydrogen-bond acceptors (Lipinski definition) is 4. The number of amides is 1. The molecule has 170 valence electrons. The van der Waals surface area contributed by atoms with E-state index in [1.54, 1.807) is 0 Å². The summed E-state index contributed by atoms with van der Waals surface area (Å²) in [5.41, 5.74) is -3.39.